The maximum absolute atomic E-state index is 13.2. The number of rotatable bonds is 9. The van der Waals surface area contributed by atoms with Crippen molar-refractivity contribution in [3.05, 3.63) is 161 Å². The summed E-state index contributed by atoms with van der Waals surface area (Å²) in [5, 5.41) is 14.4. The number of nitrogens with one attached hydrogen (secondary N) is 1. The molecule has 0 fully saturated rings. The second kappa shape index (κ2) is 21.4. The van der Waals surface area contributed by atoms with Gasteiger partial charge in [-0.25, -0.2) is 24.4 Å². The number of thiazole rings is 2. The van der Waals surface area contributed by atoms with Gasteiger partial charge >= 0.3 is 17.9 Å². The predicted octanol–water partition coefficient (Wildman–Crippen LogP) is 11.3. The number of amides is 1. The van der Waals surface area contributed by atoms with E-state index in [2.05, 4.69) is 15.3 Å². The van der Waals surface area contributed by atoms with Crippen LogP contribution in [0.15, 0.2) is 108 Å². The smallest absolute Gasteiger partial charge is 0.350 e. The Morgan fingerprint density at radius 3 is 1.62 bits per heavy atom. The minimum atomic E-state index is -1.04. The third kappa shape index (κ3) is 11.8. The van der Waals surface area contributed by atoms with Gasteiger partial charge in [-0.2, -0.15) is 0 Å². The first-order valence-electron chi connectivity index (χ1n) is 18.7. The van der Waals surface area contributed by atoms with Crippen molar-refractivity contribution in [1.82, 2.24) is 9.97 Å². The van der Waals surface area contributed by atoms with E-state index in [0.29, 0.717) is 69.8 Å². The quantitative estimate of drug-likeness (QED) is 0.116. The van der Waals surface area contributed by atoms with Crippen LogP contribution >= 0.6 is 69.1 Å². The Kier molecular flexibility index (Phi) is 15.8. The number of halogens is 4. The molecule has 2 aliphatic heterocycles. The minimum absolute atomic E-state index is 0.145. The summed E-state index contributed by atoms with van der Waals surface area (Å²) in [6, 6.07) is 25.0. The maximum atomic E-state index is 13.2. The van der Waals surface area contributed by atoms with Crippen molar-refractivity contribution < 1.29 is 43.2 Å². The molecule has 0 bridgehead atoms. The number of nitrogen functional groups attached to an aromatic ring is 1. The zero-order valence-electron chi connectivity index (χ0n) is 33.0. The lowest BCUT2D eigenvalue weighted by atomic mass is 9.95. The van der Waals surface area contributed by atoms with Crippen LogP contribution in [-0.2, 0) is 19.1 Å². The summed E-state index contributed by atoms with van der Waals surface area (Å²) in [5.41, 5.74) is 8.51. The number of carbonyl (C=O) groups excluding carboxylic acids is 3. The van der Waals surface area contributed by atoms with Crippen LogP contribution in [0.1, 0.15) is 67.7 Å². The summed E-state index contributed by atoms with van der Waals surface area (Å²) in [6.45, 7) is 4.10. The molecule has 6 aromatic rings. The number of benzene rings is 4. The highest BCUT2D eigenvalue weighted by Crippen LogP contribution is 2.44. The lowest BCUT2D eigenvalue weighted by Gasteiger charge is -2.27. The Balaban J connectivity index is 0.000000177. The highest BCUT2D eigenvalue weighted by Gasteiger charge is 2.32. The monoisotopic (exact) mass is 966 g/mol. The normalized spacial score (nSPS) is 14.5. The number of ether oxygens (including phenoxy) is 4. The van der Waals surface area contributed by atoms with Crippen LogP contribution < -0.4 is 20.5 Å². The molecule has 0 saturated carbocycles. The number of carboxylic acid groups (broad SMARTS) is 1. The molecule has 63 heavy (non-hydrogen) atoms. The Morgan fingerprint density at radius 2 is 1.16 bits per heavy atom. The summed E-state index contributed by atoms with van der Waals surface area (Å²) in [6.07, 6.45) is 4.65. The number of hydrogen-bond donors (Lipinski definition) is 3. The van der Waals surface area contributed by atoms with Crippen molar-refractivity contribution in [2.24, 2.45) is 0 Å². The first-order valence-corrected chi connectivity index (χ1v) is 21.8. The zero-order chi connectivity index (χ0) is 45.2. The highest BCUT2D eigenvalue weighted by molar-refractivity contribution is 7.17. The van der Waals surface area contributed by atoms with Crippen LogP contribution in [0.4, 0.5) is 10.3 Å². The van der Waals surface area contributed by atoms with Crippen LogP contribution in [0.5, 0.6) is 11.5 Å². The third-order valence-electron chi connectivity index (χ3n) is 8.65. The molecule has 0 radical (unpaired) electrons. The molecule has 0 saturated heterocycles. The molecule has 4 N–H and O–H groups in total. The van der Waals surface area contributed by atoms with Crippen molar-refractivity contribution in [2.45, 2.75) is 26.1 Å². The summed E-state index contributed by atoms with van der Waals surface area (Å²) in [7, 11) is 0. The van der Waals surface area contributed by atoms with Crippen molar-refractivity contribution in [1.29, 1.82) is 0 Å². The first-order chi connectivity index (χ1) is 30.3. The van der Waals surface area contributed by atoms with E-state index < -0.39 is 30.1 Å². The SMILES string of the molecule is CCOC(=O)c1cnc(N)s1.CCOC(=O)c1cnc(NC(=O)C2=Cc3cc(Cl)cc(Cl)c3OC2c2ccccc2)s1.O=C(O)C1=Cc2cc(Cl)cc(Cl)c2OC1c1ccccc1. The molecule has 0 spiro atoms. The van der Waals surface area contributed by atoms with E-state index in [1.165, 1.54) is 12.4 Å². The summed E-state index contributed by atoms with van der Waals surface area (Å²) < 4.78 is 21.7. The molecule has 2 aliphatic rings. The molecule has 2 unspecified atom stereocenters. The van der Waals surface area contributed by atoms with Gasteiger partial charge in [0.25, 0.3) is 5.91 Å². The van der Waals surface area contributed by atoms with Crippen LogP contribution in [0.3, 0.4) is 0 Å². The largest absolute Gasteiger partial charge is 0.479 e. The lowest BCUT2D eigenvalue weighted by molar-refractivity contribution is -0.133. The molecule has 19 heteroatoms. The van der Waals surface area contributed by atoms with Crippen molar-refractivity contribution in [3.63, 3.8) is 0 Å². The minimum Gasteiger partial charge on any atom is -0.479 e. The fraction of sp³-hybridized carbons (Fsp3) is 0.136. The van der Waals surface area contributed by atoms with Gasteiger partial charge in [0.2, 0.25) is 0 Å². The third-order valence-corrected chi connectivity index (χ3v) is 11.3. The van der Waals surface area contributed by atoms with E-state index in [-0.39, 0.29) is 23.3 Å². The molecule has 1 amide bonds. The van der Waals surface area contributed by atoms with E-state index in [1.807, 2.05) is 60.7 Å². The maximum Gasteiger partial charge on any atom is 0.350 e. The Bertz CT molecular complexity index is 2710. The number of hydrogen-bond acceptors (Lipinski definition) is 13. The van der Waals surface area contributed by atoms with Gasteiger partial charge in [-0.1, -0.05) is 130 Å². The van der Waals surface area contributed by atoms with Gasteiger partial charge in [0.1, 0.15) is 21.3 Å². The van der Waals surface area contributed by atoms with Crippen LogP contribution in [0.25, 0.3) is 12.2 Å². The Hall–Kier alpha value is -5.94. The molecule has 4 heterocycles. The molecule has 4 aromatic carbocycles. The highest BCUT2D eigenvalue weighted by atomic mass is 35.5. The number of aliphatic carboxylic acids is 1. The van der Waals surface area contributed by atoms with Gasteiger partial charge in [0.05, 0.1) is 46.8 Å². The molecule has 2 atom stereocenters. The molecular weight excluding hydrogens is 934 g/mol. The van der Waals surface area contributed by atoms with Crippen LogP contribution in [-0.4, -0.2) is 52.1 Å². The lowest BCUT2D eigenvalue weighted by Crippen LogP contribution is -2.25. The molecule has 8 rings (SSSR count). The van der Waals surface area contributed by atoms with Gasteiger partial charge in [-0.05, 0) is 61.4 Å². The van der Waals surface area contributed by atoms with Gasteiger partial charge in [0.15, 0.2) is 22.5 Å². The molecule has 13 nitrogen and oxygen atoms in total. The Morgan fingerprint density at radius 1 is 0.698 bits per heavy atom. The number of carbonyl (C=O) groups is 4. The topological polar surface area (TPSA) is 189 Å². The Labute approximate surface area is 388 Å². The standard InChI is InChI=1S/C22H16Cl2N2O4S.C16H10Cl2O3.C6H8N2O2S/c1-2-29-21(28)17-11-25-22(31-17)26-20(27)15-9-13-8-14(23)10-16(24)19(13)30-18(15)12-6-4-3-5-7-12;17-11-6-10-7-12(16(19)20)14(9-4-2-1-3-5-9)21-15(10)13(18)8-11;1-2-10-5(9)4-3-8-6(7)11-4/h3-11,18H,2H2,1H3,(H,25,26,27);1-8,14H,(H,19,20);3H,2H2,1H3,(H2,7,8). The van der Waals surface area contributed by atoms with E-state index >= 15 is 0 Å². The summed E-state index contributed by atoms with van der Waals surface area (Å²) >= 11 is 26.7. The van der Waals surface area contributed by atoms with E-state index in [9.17, 15) is 24.3 Å². The number of carboxylic acids is 1. The average Bonchev–Trinajstić information content (AvgIpc) is 3.93. The van der Waals surface area contributed by atoms with E-state index in [0.717, 1.165) is 33.8 Å². The molecular formula is C44H34Cl4N4O9S2. The number of esters is 2. The summed E-state index contributed by atoms with van der Waals surface area (Å²) in [4.78, 5) is 56.0. The van der Waals surface area contributed by atoms with Gasteiger partial charge in [-0.15, -0.1) is 0 Å². The second-order valence-electron chi connectivity index (χ2n) is 12.9. The van der Waals surface area contributed by atoms with E-state index in [4.69, 9.17) is 71.1 Å². The van der Waals surface area contributed by atoms with Crippen LogP contribution in [0.2, 0.25) is 20.1 Å². The molecule has 324 valence electrons. The zero-order valence-corrected chi connectivity index (χ0v) is 37.6. The van der Waals surface area contributed by atoms with E-state index in [1.54, 1.807) is 50.3 Å². The average molecular weight is 969 g/mol. The number of fused-ring (bicyclic) bond motifs is 2. The molecule has 2 aromatic heterocycles. The fourth-order valence-corrected chi connectivity index (χ4v) is 8.35. The number of anilines is 2. The van der Waals surface area contributed by atoms with Crippen molar-refractivity contribution >= 4 is 115 Å². The van der Waals surface area contributed by atoms with Crippen molar-refractivity contribution in [3.8, 4) is 11.5 Å². The number of nitrogens with two attached hydrogens (primary N) is 1. The summed E-state index contributed by atoms with van der Waals surface area (Å²) in [5.74, 6) is -1.40. The molecule has 0 aliphatic carbocycles. The first kappa shape index (κ1) is 46.6. The van der Waals surface area contributed by atoms with Crippen molar-refractivity contribution in [2.75, 3.05) is 24.3 Å². The number of nitrogens with zero attached hydrogens (tertiary/aromatic N) is 2. The van der Waals surface area contributed by atoms with Gasteiger partial charge in [0, 0.05) is 21.2 Å². The van der Waals surface area contributed by atoms with Gasteiger partial charge in [-0.3, -0.25) is 10.1 Å². The predicted molar refractivity (Wildman–Crippen MR) is 245 cm³/mol. The number of aromatic nitrogens is 2. The van der Waals surface area contributed by atoms with Crippen LogP contribution in [0, 0.1) is 0 Å². The fourth-order valence-electron chi connectivity index (χ4n) is 5.96. The second-order valence-corrected chi connectivity index (χ2v) is 16.7. The van der Waals surface area contributed by atoms with Gasteiger partial charge < -0.3 is 29.8 Å².